The van der Waals surface area contributed by atoms with Gasteiger partial charge in [0.2, 0.25) is 5.91 Å². The molecule has 2 N–H and O–H groups in total. The van der Waals surface area contributed by atoms with E-state index in [9.17, 15) is 4.79 Å². The molecule has 0 unspecified atom stereocenters. The number of aromatic nitrogens is 1. The van der Waals surface area contributed by atoms with Gasteiger partial charge in [-0.3, -0.25) is 4.79 Å². The average Bonchev–Trinajstić information content (AvgIpc) is 3.21. The molecule has 0 aliphatic rings. The molecular formula is C31H24N2O2. The van der Waals surface area contributed by atoms with Crippen molar-refractivity contribution in [3.8, 4) is 16.9 Å². The number of fused-ring (bicyclic) bond motifs is 4. The molecule has 35 heavy (non-hydrogen) atoms. The molecule has 4 nitrogen and oxygen atoms in total. The summed E-state index contributed by atoms with van der Waals surface area (Å²) in [6.45, 7) is 0.680. The fraction of sp³-hybridized carbons (Fsp3) is 0.0645. The molecule has 1 heterocycles. The molecule has 170 valence electrons. The molecule has 5 aromatic carbocycles. The van der Waals surface area contributed by atoms with E-state index in [-0.39, 0.29) is 0 Å². The number of ether oxygens (including phenoxy) is 1. The zero-order valence-corrected chi connectivity index (χ0v) is 19.4. The number of hydrogen-bond acceptors (Lipinski definition) is 2. The maximum Gasteiger partial charge on any atom is 0.249 e. The fourth-order valence-corrected chi connectivity index (χ4v) is 5.00. The lowest BCUT2D eigenvalue weighted by molar-refractivity contribution is 0.100. The van der Waals surface area contributed by atoms with Gasteiger partial charge < -0.3 is 15.0 Å². The number of benzene rings is 5. The van der Waals surface area contributed by atoms with Gasteiger partial charge in [0.1, 0.15) is 5.75 Å². The highest BCUT2D eigenvalue weighted by Crippen LogP contribution is 2.35. The van der Waals surface area contributed by atoms with E-state index in [1.807, 2.05) is 24.3 Å². The highest BCUT2D eigenvalue weighted by molar-refractivity contribution is 6.18. The standard InChI is InChI=1S/C31H24N2O2/c1-35-25-14-11-22(12-15-25)24-13-16-26-29(18-24)33(28-8-4-7-27(30(26)28)31(32)34)19-20-9-10-21-5-2-3-6-23(21)17-20/h2-18H,19H2,1H3,(H2,32,34). The van der Waals surface area contributed by atoms with Gasteiger partial charge in [-0.25, -0.2) is 0 Å². The van der Waals surface area contributed by atoms with Crippen LogP contribution in [0.2, 0.25) is 0 Å². The van der Waals surface area contributed by atoms with Crippen molar-refractivity contribution in [1.82, 2.24) is 4.57 Å². The van der Waals surface area contributed by atoms with Crippen LogP contribution in [0.5, 0.6) is 5.75 Å². The van der Waals surface area contributed by atoms with E-state index in [2.05, 4.69) is 83.4 Å². The van der Waals surface area contributed by atoms with Crippen LogP contribution in [0.3, 0.4) is 0 Å². The van der Waals surface area contributed by atoms with Gasteiger partial charge in [-0.2, -0.15) is 0 Å². The molecule has 0 saturated carbocycles. The van der Waals surface area contributed by atoms with Crippen LogP contribution in [0.25, 0.3) is 43.7 Å². The van der Waals surface area contributed by atoms with Gasteiger partial charge in [-0.15, -0.1) is 0 Å². The topological polar surface area (TPSA) is 57.2 Å². The summed E-state index contributed by atoms with van der Waals surface area (Å²) in [4.78, 5) is 12.3. The number of rotatable bonds is 5. The molecule has 0 fully saturated rings. The summed E-state index contributed by atoms with van der Waals surface area (Å²) in [7, 11) is 1.67. The number of amides is 1. The third-order valence-electron chi connectivity index (χ3n) is 6.73. The normalized spacial score (nSPS) is 11.3. The van der Waals surface area contributed by atoms with Crippen LogP contribution >= 0.6 is 0 Å². The van der Waals surface area contributed by atoms with Gasteiger partial charge in [0.05, 0.1) is 18.1 Å². The number of methoxy groups -OCH3 is 1. The molecule has 0 aliphatic carbocycles. The quantitative estimate of drug-likeness (QED) is 0.311. The monoisotopic (exact) mass is 456 g/mol. The Bertz CT molecular complexity index is 1730. The van der Waals surface area contributed by atoms with Crippen molar-refractivity contribution >= 4 is 38.5 Å². The summed E-state index contributed by atoms with van der Waals surface area (Å²) < 4.78 is 7.60. The van der Waals surface area contributed by atoms with E-state index in [0.29, 0.717) is 12.1 Å². The summed E-state index contributed by atoms with van der Waals surface area (Å²) in [5.41, 5.74) is 11.8. The second-order valence-corrected chi connectivity index (χ2v) is 8.79. The fourth-order valence-electron chi connectivity index (χ4n) is 5.00. The number of carbonyl (C=O) groups is 1. The van der Waals surface area contributed by atoms with Crippen LogP contribution in [0.4, 0.5) is 0 Å². The second kappa shape index (κ2) is 8.33. The van der Waals surface area contributed by atoms with Gasteiger partial charge in [0.25, 0.3) is 0 Å². The predicted octanol–water partition coefficient (Wildman–Crippen LogP) is 6.77. The minimum absolute atomic E-state index is 0.417. The smallest absolute Gasteiger partial charge is 0.249 e. The van der Waals surface area contributed by atoms with Gasteiger partial charge in [-0.05, 0) is 63.9 Å². The molecule has 1 amide bonds. The van der Waals surface area contributed by atoms with Gasteiger partial charge in [0.15, 0.2) is 0 Å². The third-order valence-corrected chi connectivity index (χ3v) is 6.73. The van der Waals surface area contributed by atoms with Crippen molar-refractivity contribution in [2.24, 2.45) is 5.73 Å². The molecule has 0 spiro atoms. The Morgan fingerprint density at radius 3 is 2.31 bits per heavy atom. The van der Waals surface area contributed by atoms with Crippen molar-refractivity contribution < 1.29 is 9.53 Å². The Morgan fingerprint density at radius 2 is 1.54 bits per heavy atom. The van der Waals surface area contributed by atoms with E-state index < -0.39 is 5.91 Å². The predicted molar refractivity (Wildman–Crippen MR) is 143 cm³/mol. The first-order valence-electron chi connectivity index (χ1n) is 11.6. The number of nitrogens with zero attached hydrogens (tertiary/aromatic N) is 1. The lowest BCUT2D eigenvalue weighted by Gasteiger charge is -2.10. The molecule has 0 bridgehead atoms. The van der Waals surface area contributed by atoms with Gasteiger partial charge in [-0.1, -0.05) is 66.7 Å². The molecule has 6 aromatic rings. The van der Waals surface area contributed by atoms with Crippen LogP contribution in [0, 0.1) is 0 Å². The average molecular weight is 457 g/mol. The van der Waals surface area contributed by atoms with E-state index in [1.165, 1.54) is 16.3 Å². The number of nitrogens with two attached hydrogens (primary N) is 1. The van der Waals surface area contributed by atoms with E-state index in [0.717, 1.165) is 38.7 Å². The molecule has 0 atom stereocenters. The summed E-state index contributed by atoms with van der Waals surface area (Å²) >= 11 is 0. The molecule has 0 saturated heterocycles. The SMILES string of the molecule is COc1ccc(-c2ccc3c4c(C(N)=O)cccc4n(Cc4ccc5ccccc5c4)c3c2)cc1. The van der Waals surface area contributed by atoms with Crippen LogP contribution in [-0.4, -0.2) is 17.6 Å². The zero-order valence-electron chi connectivity index (χ0n) is 19.4. The van der Waals surface area contributed by atoms with Crippen molar-refractivity contribution in [1.29, 1.82) is 0 Å². The Labute approximate surface area is 203 Å². The van der Waals surface area contributed by atoms with Gasteiger partial charge >= 0.3 is 0 Å². The van der Waals surface area contributed by atoms with Crippen LogP contribution in [0.1, 0.15) is 15.9 Å². The second-order valence-electron chi connectivity index (χ2n) is 8.79. The minimum atomic E-state index is -0.417. The summed E-state index contributed by atoms with van der Waals surface area (Å²) in [5, 5.41) is 4.35. The van der Waals surface area contributed by atoms with E-state index in [4.69, 9.17) is 10.5 Å². The maximum absolute atomic E-state index is 12.3. The van der Waals surface area contributed by atoms with Gasteiger partial charge in [0, 0.05) is 22.9 Å². The number of primary amides is 1. The molecule has 4 heteroatoms. The number of hydrogen-bond donors (Lipinski definition) is 1. The molecule has 0 radical (unpaired) electrons. The Morgan fingerprint density at radius 1 is 0.771 bits per heavy atom. The maximum atomic E-state index is 12.3. The van der Waals surface area contributed by atoms with Crippen LogP contribution < -0.4 is 10.5 Å². The minimum Gasteiger partial charge on any atom is -0.497 e. The largest absolute Gasteiger partial charge is 0.497 e. The Hall–Kier alpha value is -4.57. The van der Waals surface area contributed by atoms with Crippen molar-refractivity contribution in [3.05, 3.63) is 114 Å². The number of carbonyl (C=O) groups excluding carboxylic acids is 1. The first kappa shape index (κ1) is 21.0. The first-order valence-corrected chi connectivity index (χ1v) is 11.6. The molecule has 0 aliphatic heterocycles. The molecular weight excluding hydrogens is 432 g/mol. The summed E-state index contributed by atoms with van der Waals surface area (Å²) in [5.74, 6) is 0.408. The van der Waals surface area contributed by atoms with E-state index >= 15 is 0 Å². The van der Waals surface area contributed by atoms with E-state index in [1.54, 1.807) is 7.11 Å². The van der Waals surface area contributed by atoms with Crippen LogP contribution in [-0.2, 0) is 6.54 Å². The lowest BCUT2D eigenvalue weighted by atomic mass is 10.0. The molecule has 1 aromatic heterocycles. The highest BCUT2D eigenvalue weighted by atomic mass is 16.5. The Kier molecular flexibility index (Phi) is 5.00. The summed E-state index contributed by atoms with van der Waals surface area (Å²) in [6, 6.07) is 35.2. The third kappa shape index (κ3) is 3.60. The van der Waals surface area contributed by atoms with Crippen molar-refractivity contribution in [2.75, 3.05) is 7.11 Å². The lowest BCUT2D eigenvalue weighted by Crippen LogP contribution is -2.11. The highest BCUT2D eigenvalue weighted by Gasteiger charge is 2.17. The molecule has 6 rings (SSSR count). The summed E-state index contributed by atoms with van der Waals surface area (Å²) in [6.07, 6.45) is 0. The Balaban J connectivity index is 1.58. The van der Waals surface area contributed by atoms with Crippen molar-refractivity contribution in [3.63, 3.8) is 0 Å². The first-order chi connectivity index (χ1) is 17.1. The van der Waals surface area contributed by atoms with Crippen molar-refractivity contribution in [2.45, 2.75) is 6.54 Å². The zero-order chi connectivity index (χ0) is 23.9. The van der Waals surface area contributed by atoms with Crippen LogP contribution in [0.15, 0.2) is 103 Å².